The first kappa shape index (κ1) is 14.8. The molecule has 2 aromatic carbocycles. The highest BCUT2D eigenvalue weighted by Crippen LogP contribution is 2.27. The van der Waals surface area contributed by atoms with Crippen LogP contribution in [0.1, 0.15) is 5.56 Å². The van der Waals surface area contributed by atoms with Crippen LogP contribution in [0.5, 0.6) is 5.88 Å². The van der Waals surface area contributed by atoms with Gasteiger partial charge in [-0.05, 0) is 24.3 Å². The Morgan fingerprint density at radius 3 is 2.79 bits per heavy atom. The highest BCUT2D eigenvalue weighted by molar-refractivity contribution is 6.02. The molecule has 5 nitrogen and oxygen atoms in total. The lowest BCUT2D eigenvalue weighted by atomic mass is 10.2. The van der Waals surface area contributed by atoms with Gasteiger partial charge in [-0.15, -0.1) is 0 Å². The number of aromatic nitrogens is 1. The third kappa shape index (κ3) is 2.86. The zero-order valence-electron chi connectivity index (χ0n) is 13.3. The number of aliphatic imine (C=N–C) groups is 1. The first-order chi connectivity index (χ1) is 11.8. The second kappa shape index (κ2) is 6.37. The third-order valence-electron chi connectivity index (χ3n) is 4.27. The van der Waals surface area contributed by atoms with Crippen molar-refractivity contribution in [3.05, 3.63) is 54.1 Å². The number of benzene rings is 2. The lowest BCUT2D eigenvalue weighted by Crippen LogP contribution is -2.36. The first-order valence-corrected chi connectivity index (χ1v) is 8.08. The summed E-state index contributed by atoms with van der Waals surface area (Å²) in [7, 11) is 0. The summed E-state index contributed by atoms with van der Waals surface area (Å²) < 4.78 is 5.40. The van der Waals surface area contributed by atoms with Gasteiger partial charge in [-0.1, -0.05) is 24.3 Å². The van der Waals surface area contributed by atoms with E-state index in [2.05, 4.69) is 27.0 Å². The van der Waals surface area contributed by atoms with Crippen molar-refractivity contribution in [3.8, 4) is 5.88 Å². The van der Waals surface area contributed by atoms with Crippen LogP contribution < -0.4 is 4.90 Å². The molecule has 0 amide bonds. The second-order valence-corrected chi connectivity index (χ2v) is 5.81. The molecule has 0 atom stereocenters. The van der Waals surface area contributed by atoms with Crippen molar-refractivity contribution in [1.29, 1.82) is 0 Å². The number of aromatic hydroxyl groups is 1. The molecule has 0 radical (unpaired) electrons. The van der Waals surface area contributed by atoms with Crippen LogP contribution in [0.15, 0.2) is 53.5 Å². The average molecular weight is 321 g/mol. The van der Waals surface area contributed by atoms with E-state index in [1.807, 2.05) is 36.4 Å². The number of para-hydroxylation sites is 1. The molecule has 2 heterocycles. The number of rotatable bonds is 3. The zero-order valence-corrected chi connectivity index (χ0v) is 13.3. The molecule has 5 heteroatoms. The number of anilines is 1. The van der Waals surface area contributed by atoms with Gasteiger partial charge >= 0.3 is 0 Å². The number of morpholine rings is 1. The molecule has 1 saturated heterocycles. The summed E-state index contributed by atoms with van der Waals surface area (Å²) in [6.07, 6.45) is 1.71. The van der Waals surface area contributed by atoms with Crippen molar-refractivity contribution in [1.82, 2.24) is 4.98 Å². The Bertz CT molecular complexity index is 879. The molecule has 122 valence electrons. The minimum absolute atomic E-state index is 0.143. The van der Waals surface area contributed by atoms with Crippen LogP contribution in [0.3, 0.4) is 0 Å². The molecular formula is C19H19N3O2. The summed E-state index contributed by atoms with van der Waals surface area (Å²) in [5.74, 6) is 0.143. The molecule has 24 heavy (non-hydrogen) atoms. The van der Waals surface area contributed by atoms with Crippen LogP contribution in [-0.4, -0.2) is 42.6 Å². The van der Waals surface area contributed by atoms with Crippen LogP contribution in [0.4, 0.5) is 11.4 Å². The molecule has 0 spiro atoms. The van der Waals surface area contributed by atoms with E-state index in [0.717, 1.165) is 48.6 Å². The molecule has 1 aliphatic heterocycles. The van der Waals surface area contributed by atoms with E-state index in [-0.39, 0.29) is 5.88 Å². The van der Waals surface area contributed by atoms with Crippen molar-refractivity contribution in [3.63, 3.8) is 0 Å². The fourth-order valence-corrected chi connectivity index (χ4v) is 3.01. The van der Waals surface area contributed by atoms with Crippen molar-refractivity contribution in [2.75, 3.05) is 31.2 Å². The van der Waals surface area contributed by atoms with Gasteiger partial charge in [-0.3, -0.25) is 4.99 Å². The molecule has 1 fully saturated rings. The maximum Gasteiger partial charge on any atom is 0.198 e. The van der Waals surface area contributed by atoms with Crippen LogP contribution in [0.25, 0.3) is 10.9 Å². The first-order valence-electron chi connectivity index (χ1n) is 8.08. The Balaban J connectivity index is 1.62. The number of hydrogen-bond donors (Lipinski definition) is 2. The van der Waals surface area contributed by atoms with Gasteiger partial charge in [0.15, 0.2) is 5.88 Å². The highest BCUT2D eigenvalue weighted by Gasteiger charge is 2.11. The summed E-state index contributed by atoms with van der Waals surface area (Å²) in [4.78, 5) is 9.82. The Hall–Kier alpha value is -2.79. The van der Waals surface area contributed by atoms with Gasteiger partial charge in [-0.2, -0.15) is 0 Å². The molecule has 0 unspecified atom stereocenters. The minimum Gasteiger partial charge on any atom is -0.494 e. The van der Waals surface area contributed by atoms with Gasteiger partial charge in [0.25, 0.3) is 0 Å². The van der Waals surface area contributed by atoms with Crippen LogP contribution in [0, 0.1) is 0 Å². The van der Waals surface area contributed by atoms with E-state index in [1.165, 1.54) is 0 Å². The topological polar surface area (TPSA) is 60.8 Å². The van der Waals surface area contributed by atoms with Crippen molar-refractivity contribution < 1.29 is 9.84 Å². The van der Waals surface area contributed by atoms with E-state index in [1.54, 1.807) is 6.21 Å². The summed E-state index contributed by atoms with van der Waals surface area (Å²) in [5.41, 5.74) is 3.63. The van der Waals surface area contributed by atoms with Crippen molar-refractivity contribution in [2.24, 2.45) is 4.99 Å². The van der Waals surface area contributed by atoms with E-state index < -0.39 is 0 Å². The molecular weight excluding hydrogens is 302 g/mol. The van der Waals surface area contributed by atoms with Crippen LogP contribution in [-0.2, 0) is 4.74 Å². The Morgan fingerprint density at radius 2 is 1.92 bits per heavy atom. The molecule has 3 aromatic rings. The summed E-state index contributed by atoms with van der Waals surface area (Å²) in [6.45, 7) is 3.32. The van der Waals surface area contributed by atoms with Gasteiger partial charge in [0.05, 0.1) is 24.5 Å². The predicted molar refractivity (Wildman–Crippen MR) is 96.7 cm³/mol. The molecule has 2 N–H and O–H groups in total. The monoisotopic (exact) mass is 321 g/mol. The van der Waals surface area contributed by atoms with Crippen LogP contribution in [0.2, 0.25) is 0 Å². The SMILES string of the molecule is Oc1[nH]c2ccccc2c1C=Nc1cccc(N2CCOCC2)c1. The van der Waals surface area contributed by atoms with Gasteiger partial charge < -0.3 is 19.7 Å². The van der Waals surface area contributed by atoms with E-state index >= 15 is 0 Å². The average Bonchev–Trinajstić information content (AvgIpc) is 2.96. The van der Waals surface area contributed by atoms with E-state index in [0.29, 0.717) is 5.56 Å². The maximum atomic E-state index is 10.1. The second-order valence-electron chi connectivity index (χ2n) is 5.81. The highest BCUT2D eigenvalue weighted by atomic mass is 16.5. The fraction of sp³-hybridized carbons (Fsp3) is 0.211. The van der Waals surface area contributed by atoms with Gasteiger partial charge in [0.2, 0.25) is 0 Å². The number of nitrogens with one attached hydrogen (secondary N) is 1. The van der Waals surface area contributed by atoms with Gasteiger partial charge in [-0.25, -0.2) is 0 Å². The number of hydrogen-bond acceptors (Lipinski definition) is 4. The van der Waals surface area contributed by atoms with E-state index in [9.17, 15) is 5.11 Å². The van der Waals surface area contributed by atoms with Crippen molar-refractivity contribution in [2.45, 2.75) is 0 Å². The quantitative estimate of drug-likeness (QED) is 0.726. The van der Waals surface area contributed by atoms with Crippen molar-refractivity contribution >= 4 is 28.5 Å². The predicted octanol–water partition coefficient (Wildman–Crippen LogP) is 3.46. The molecule has 0 bridgehead atoms. The number of ether oxygens (including phenoxy) is 1. The largest absolute Gasteiger partial charge is 0.494 e. The molecule has 1 aliphatic rings. The molecule has 1 aromatic heterocycles. The third-order valence-corrected chi connectivity index (χ3v) is 4.27. The Morgan fingerprint density at radius 1 is 1.08 bits per heavy atom. The Labute approximate surface area is 140 Å². The number of fused-ring (bicyclic) bond motifs is 1. The maximum absolute atomic E-state index is 10.1. The number of aromatic amines is 1. The lowest BCUT2D eigenvalue weighted by molar-refractivity contribution is 0.122. The lowest BCUT2D eigenvalue weighted by Gasteiger charge is -2.28. The van der Waals surface area contributed by atoms with Gasteiger partial charge in [0, 0.05) is 35.9 Å². The molecule has 0 saturated carbocycles. The fourth-order valence-electron chi connectivity index (χ4n) is 3.01. The summed E-state index contributed by atoms with van der Waals surface area (Å²) in [6, 6.07) is 15.9. The molecule has 4 rings (SSSR count). The van der Waals surface area contributed by atoms with Crippen LogP contribution >= 0.6 is 0 Å². The normalized spacial score (nSPS) is 15.4. The summed E-state index contributed by atoms with van der Waals surface area (Å²) >= 11 is 0. The smallest absolute Gasteiger partial charge is 0.198 e. The zero-order chi connectivity index (χ0) is 16.4. The van der Waals surface area contributed by atoms with Gasteiger partial charge in [0.1, 0.15) is 0 Å². The minimum atomic E-state index is 0.143. The summed E-state index contributed by atoms with van der Waals surface area (Å²) in [5, 5.41) is 11.1. The number of H-pyrrole nitrogens is 1. The number of nitrogens with zero attached hydrogens (tertiary/aromatic N) is 2. The van der Waals surface area contributed by atoms with E-state index in [4.69, 9.17) is 4.74 Å². The Kier molecular flexibility index (Phi) is 3.92. The standard InChI is InChI=1S/C19H19N3O2/c23-19-17(16-6-1-2-7-18(16)21-19)13-20-14-4-3-5-15(12-14)22-8-10-24-11-9-22/h1-7,12-13,21,23H,8-11H2. The molecule has 0 aliphatic carbocycles.